The van der Waals surface area contributed by atoms with Crippen LogP contribution in [0.25, 0.3) is 0 Å². The van der Waals surface area contributed by atoms with Gasteiger partial charge in [0.05, 0.1) is 4.92 Å². The number of anilines is 1. The number of hydrogen-bond donors (Lipinski definition) is 1. The lowest BCUT2D eigenvalue weighted by Gasteiger charge is -2.00. The monoisotopic (exact) mass is 268 g/mol. The summed E-state index contributed by atoms with van der Waals surface area (Å²) < 4.78 is 0.788. The number of nitrogen functional groups attached to an aromatic ring is 1. The molecule has 17 heavy (non-hydrogen) atoms. The number of nitrogens with two attached hydrogens (primary N) is 1. The Balaban J connectivity index is 2.23. The van der Waals surface area contributed by atoms with Gasteiger partial charge in [-0.1, -0.05) is 23.1 Å². The number of hydrogen-bond acceptors (Lipinski definition) is 7. The fraction of sp³-hybridized carbons (Fsp3) is 0.111. The van der Waals surface area contributed by atoms with Crippen molar-refractivity contribution in [3.05, 3.63) is 33.3 Å². The number of aryl methyl sites for hydroxylation is 1. The maximum atomic E-state index is 10.6. The molecule has 0 unspecified atom stereocenters. The van der Waals surface area contributed by atoms with Crippen LogP contribution in [0.2, 0.25) is 0 Å². The van der Waals surface area contributed by atoms with Gasteiger partial charge in [0.2, 0.25) is 0 Å². The number of benzene rings is 1. The molecule has 0 fully saturated rings. The van der Waals surface area contributed by atoms with Gasteiger partial charge >= 0.3 is 0 Å². The number of nitro groups is 1. The Bertz CT molecular complexity index is 570. The van der Waals surface area contributed by atoms with Crippen LogP contribution in [0.5, 0.6) is 0 Å². The molecule has 0 radical (unpaired) electrons. The summed E-state index contributed by atoms with van der Waals surface area (Å²) >= 11 is 2.85. The highest BCUT2D eigenvalue weighted by Gasteiger charge is 2.12. The highest BCUT2D eigenvalue weighted by Crippen LogP contribution is 2.33. The van der Waals surface area contributed by atoms with E-state index in [1.165, 1.54) is 29.2 Å². The average Bonchev–Trinajstić information content (AvgIpc) is 2.63. The number of nitrogens with zero attached hydrogens (tertiary/aromatic N) is 3. The Morgan fingerprint density at radius 2 is 2.24 bits per heavy atom. The molecular weight excluding hydrogens is 260 g/mol. The van der Waals surface area contributed by atoms with Gasteiger partial charge in [0.25, 0.3) is 5.69 Å². The summed E-state index contributed by atoms with van der Waals surface area (Å²) in [6, 6.07) is 4.61. The van der Waals surface area contributed by atoms with Crippen molar-refractivity contribution in [2.75, 3.05) is 5.73 Å². The summed E-state index contributed by atoms with van der Waals surface area (Å²) in [5.41, 5.74) is 5.67. The Morgan fingerprint density at radius 3 is 2.76 bits per heavy atom. The minimum Gasteiger partial charge on any atom is -0.393 e. The molecule has 0 bridgehead atoms. The van der Waals surface area contributed by atoms with Crippen LogP contribution in [0.4, 0.5) is 11.4 Å². The fourth-order valence-electron chi connectivity index (χ4n) is 1.18. The first-order valence-electron chi connectivity index (χ1n) is 4.58. The molecule has 1 aromatic heterocycles. The van der Waals surface area contributed by atoms with Gasteiger partial charge in [-0.15, -0.1) is 10.2 Å². The van der Waals surface area contributed by atoms with Crippen molar-refractivity contribution in [2.45, 2.75) is 16.2 Å². The molecule has 0 saturated heterocycles. The predicted octanol–water partition coefficient (Wildman–Crippen LogP) is 2.49. The molecule has 0 saturated carbocycles. The van der Waals surface area contributed by atoms with Gasteiger partial charge in [-0.25, -0.2) is 0 Å². The van der Waals surface area contributed by atoms with Gasteiger partial charge in [0.1, 0.15) is 10.7 Å². The molecular formula is C9H8N4O2S2. The molecule has 0 aliphatic rings. The third-order valence-electron chi connectivity index (χ3n) is 1.91. The zero-order valence-electron chi connectivity index (χ0n) is 8.78. The van der Waals surface area contributed by atoms with Gasteiger partial charge in [-0.3, -0.25) is 10.1 Å². The number of rotatable bonds is 3. The van der Waals surface area contributed by atoms with Crippen molar-refractivity contribution in [3.63, 3.8) is 0 Å². The Labute approximate surface area is 105 Å². The molecule has 0 aliphatic carbocycles. The highest BCUT2D eigenvalue weighted by atomic mass is 32.2. The zero-order valence-corrected chi connectivity index (χ0v) is 10.4. The van der Waals surface area contributed by atoms with Crippen molar-refractivity contribution in [1.82, 2.24) is 10.2 Å². The van der Waals surface area contributed by atoms with Gasteiger partial charge in [0.15, 0.2) is 4.34 Å². The van der Waals surface area contributed by atoms with E-state index in [-0.39, 0.29) is 11.4 Å². The largest absolute Gasteiger partial charge is 0.393 e. The van der Waals surface area contributed by atoms with Crippen LogP contribution in [-0.2, 0) is 0 Å². The Morgan fingerprint density at radius 1 is 1.47 bits per heavy atom. The van der Waals surface area contributed by atoms with Crippen molar-refractivity contribution >= 4 is 34.5 Å². The molecule has 0 amide bonds. The van der Waals surface area contributed by atoms with Crippen LogP contribution in [0.3, 0.4) is 0 Å². The lowest BCUT2D eigenvalue weighted by atomic mass is 10.3. The van der Waals surface area contributed by atoms with Crippen LogP contribution in [0, 0.1) is 17.0 Å². The molecule has 6 nitrogen and oxygen atoms in total. The van der Waals surface area contributed by atoms with Crippen LogP contribution < -0.4 is 5.73 Å². The van der Waals surface area contributed by atoms with Crippen molar-refractivity contribution in [3.8, 4) is 0 Å². The molecule has 88 valence electrons. The first kappa shape index (κ1) is 11.8. The van der Waals surface area contributed by atoms with E-state index in [2.05, 4.69) is 10.2 Å². The van der Waals surface area contributed by atoms with E-state index in [4.69, 9.17) is 5.73 Å². The van der Waals surface area contributed by atoms with Crippen LogP contribution >= 0.6 is 23.1 Å². The summed E-state index contributed by atoms with van der Waals surface area (Å²) in [4.78, 5) is 10.9. The van der Waals surface area contributed by atoms with Gasteiger partial charge in [-0.05, 0) is 19.1 Å². The molecule has 8 heteroatoms. The van der Waals surface area contributed by atoms with E-state index in [0.717, 1.165) is 14.2 Å². The van der Waals surface area contributed by atoms with Crippen molar-refractivity contribution in [2.24, 2.45) is 0 Å². The molecule has 0 atom stereocenters. The maximum Gasteiger partial charge on any atom is 0.292 e. The standard InChI is InChI=1S/C9H8N4O2S2/c1-5-11-12-9(16-5)17-6-2-3-8(13(14)15)7(10)4-6/h2-4H,10H2,1H3. The number of nitro benzene ring substituents is 1. The maximum absolute atomic E-state index is 10.6. The second-order valence-electron chi connectivity index (χ2n) is 3.17. The summed E-state index contributed by atoms with van der Waals surface area (Å²) in [5.74, 6) is 0. The molecule has 0 spiro atoms. The molecule has 2 aromatic rings. The Kier molecular flexibility index (Phi) is 3.25. The van der Waals surface area contributed by atoms with E-state index < -0.39 is 4.92 Å². The molecule has 1 heterocycles. The zero-order chi connectivity index (χ0) is 12.4. The topological polar surface area (TPSA) is 94.9 Å². The van der Waals surface area contributed by atoms with Crippen molar-refractivity contribution in [1.29, 1.82) is 0 Å². The molecule has 2 N–H and O–H groups in total. The van der Waals surface area contributed by atoms with E-state index in [0.29, 0.717) is 0 Å². The van der Waals surface area contributed by atoms with E-state index in [1.54, 1.807) is 12.1 Å². The van der Waals surface area contributed by atoms with E-state index >= 15 is 0 Å². The smallest absolute Gasteiger partial charge is 0.292 e. The lowest BCUT2D eigenvalue weighted by Crippen LogP contribution is -1.95. The SMILES string of the molecule is Cc1nnc(Sc2ccc([N+](=O)[O-])c(N)c2)s1. The van der Waals surface area contributed by atoms with Gasteiger partial charge in [-0.2, -0.15) is 0 Å². The normalized spacial score (nSPS) is 10.4. The first-order chi connectivity index (χ1) is 8.06. The predicted molar refractivity (Wildman–Crippen MR) is 66.3 cm³/mol. The summed E-state index contributed by atoms with van der Waals surface area (Å²) in [6.45, 7) is 1.87. The third kappa shape index (κ3) is 2.71. The second-order valence-corrected chi connectivity index (χ2v) is 5.67. The molecule has 1 aromatic carbocycles. The van der Waals surface area contributed by atoms with E-state index in [1.807, 2.05) is 6.92 Å². The quantitative estimate of drug-likeness (QED) is 0.522. The first-order valence-corrected chi connectivity index (χ1v) is 6.21. The summed E-state index contributed by atoms with van der Waals surface area (Å²) in [6.07, 6.45) is 0. The average molecular weight is 268 g/mol. The second kappa shape index (κ2) is 4.68. The minimum absolute atomic E-state index is 0.0807. The summed E-state index contributed by atoms with van der Waals surface area (Å²) in [5, 5.41) is 19.3. The number of aromatic nitrogens is 2. The lowest BCUT2D eigenvalue weighted by molar-refractivity contribution is -0.383. The van der Waals surface area contributed by atoms with Gasteiger partial charge < -0.3 is 5.73 Å². The van der Waals surface area contributed by atoms with Crippen LogP contribution in [-0.4, -0.2) is 15.1 Å². The molecule has 2 rings (SSSR count). The van der Waals surface area contributed by atoms with Gasteiger partial charge in [0, 0.05) is 11.0 Å². The third-order valence-corrected chi connectivity index (χ3v) is 3.79. The molecule has 0 aliphatic heterocycles. The highest BCUT2D eigenvalue weighted by molar-refractivity contribution is 8.01. The summed E-state index contributed by atoms with van der Waals surface area (Å²) in [7, 11) is 0. The van der Waals surface area contributed by atoms with Crippen LogP contribution in [0.15, 0.2) is 27.4 Å². The Hall–Kier alpha value is -1.67. The van der Waals surface area contributed by atoms with E-state index in [9.17, 15) is 10.1 Å². The minimum atomic E-state index is -0.501. The van der Waals surface area contributed by atoms with Crippen molar-refractivity contribution < 1.29 is 4.92 Å². The fourth-order valence-corrected chi connectivity index (χ4v) is 3.02. The van der Waals surface area contributed by atoms with Crippen LogP contribution in [0.1, 0.15) is 5.01 Å².